The van der Waals surface area contributed by atoms with Crippen molar-refractivity contribution in [1.29, 1.82) is 0 Å². The Morgan fingerprint density at radius 3 is 2.60 bits per heavy atom. The third kappa shape index (κ3) is 4.47. The van der Waals surface area contributed by atoms with Gasteiger partial charge in [-0.05, 0) is 23.1 Å². The van der Waals surface area contributed by atoms with E-state index in [0.717, 1.165) is 6.54 Å². The molecule has 1 aromatic carbocycles. The van der Waals surface area contributed by atoms with Gasteiger partial charge in [0, 0.05) is 25.5 Å². The first-order chi connectivity index (χ1) is 9.65. The van der Waals surface area contributed by atoms with Gasteiger partial charge in [-0.2, -0.15) is 5.10 Å². The Kier molecular flexibility index (Phi) is 5.32. The lowest BCUT2D eigenvalue weighted by Crippen LogP contribution is -2.30. The van der Waals surface area contributed by atoms with E-state index in [0.29, 0.717) is 19.0 Å². The van der Waals surface area contributed by atoms with Crippen LogP contribution < -0.4 is 5.32 Å². The summed E-state index contributed by atoms with van der Waals surface area (Å²) in [7, 11) is 0. The molecule has 1 heterocycles. The predicted molar refractivity (Wildman–Crippen MR) is 80.5 cm³/mol. The van der Waals surface area contributed by atoms with E-state index in [1.54, 1.807) is 10.9 Å². The minimum atomic E-state index is -0.426. The van der Waals surface area contributed by atoms with Crippen LogP contribution in [0, 0.1) is 0 Å². The van der Waals surface area contributed by atoms with Crippen LogP contribution >= 0.6 is 0 Å². The summed E-state index contributed by atoms with van der Waals surface area (Å²) in [5, 5.41) is 17.2. The van der Waals surface area contributed by atoms with Gasteiger partial charge in [-0.3, -0.25) is 4.68 Å². The van der Waals surface area contributed by atoms with E-state index in [4.69, 9.17) is 0 Å². The number of nitrogens with one attached hydrogen (secondary N) is 1. The molecule has 2 rings (SSSR count). The molecule has 2 N–H and O–H groups in total. The lowest BCUT2D eigenvalue weighted by Gasteiger charge is -2.12. The Balaban J connectivity index is 1.72. The second kappa shape index (κ2) is 7.22. The van der Waals surface area contributed by atoms with Gasteiger partial charge in [0.15, 0.2) is 0 Å². The van der Waals surface area contributed by atoms with E-state index in [2.05, 4.69) is 48.5 Å². The SMILES string of the molecule is CC(C)c1ccc(CNCC(O)Cn2cccn2)cc1. The molecule has 108 valence electrons. The maximum atomic E-state index is 9.89. The summed E-state index contributed by atoms with van der Waals surface area (Å²) in [6.07, 6.45) is 3.15. The Bertz CT molecular complexity index is 491. The molecular formula is C16H23N3O. The maximum absolute atomic E-state index is 9.89. The molecule has 0 aliphatic carbocycles. The Morgan fingerprint density at radius 2 is 2.00 bits per heavy atom. The number of aromatic nitrogens is 2. The summed E-state index contributed by atoms with van der Waals surface area (Å²) in [5.41, 5.74) is 2.59. The molecule has 1 unspecified atom stereocenters. The van der Waals surface area contributed by atoms with E-state index in [1.807, 2.05) is 12.3 Å². The topological polar surface area (TPSA) is 50.1 Å². The van der Waals surface area contributed by atoms with Gasteiger partial charge in [0.1, 0.15) is 0 Å². The van der Waals surface area contributed by atoms with Crippen LogP contribution in [0.15, 0.2) is 42.7 Å². The van der Waals surface area contributed by atoms with Gasteiger partial charge in [-0.25, -0.2) is 0 Å². The molecule has 0 aliphatic rings. The zero-order valence-electron chi connectivity index (χ0n) is 12.2. The zero-order chi connectivity index (χ0) is 14.4. The van der Waals surface area contributed by atoms with Crippen molar-refractivity contribution in [2.24, 2.45) is 0 Å². The van der Waals surface area contributed by atoms with Gasteiger partial charge >= 0.3 is 0 Å². The van der Waals surface area contributed by atoms with Crippen molar-refractivity contribution in [3.05, 3.63) is 53.9 Å². The first-order valence-electron chi connectivity index (χ1n) is 7.10. The lowest BCUT2D eigenvalue weighted by molar-refractivity contribution is 0.146. The number of benzene rings is 1. The molecule has 0 saturated heterocycles. The second-order valence-corrected chi connectivity index (χ2v) is 5.41. The molecule has 0 amide bonds. The molecule has 1 atom stereocenters. The summed E-state index contributed by atoms with van der Waals surface area (Å²) in [5.74, 6) is 0.563. The molecule has 0 fully saturated rings. The van der Waals surface area contributed by atoms with Crippen LogP contribution in [0.2, 0.25) is 0 Å². The third-order valence-corrected chi connectivity index (χ3v) is 3.31. The minimum Gasteiger partial charge on any atom is -0.390 e. The van der Waals surface area contributed by atoms with E-state index in [9.17, 15) is 5.11 Å². The van der Waals surface area contributed by atoms with Gasteiger partial charge in [-0.15, -0.1) is 0 Å². The van der Waals surface area contributed by atoms with Crippen LogP contribution in [0.5, 0.6) is 0 Å². The Hall–Kier alpha value is -1.65. The second-order valence-electron chi connectivity index (χ2n) is 5.41. The highest BCUT2D eigenvalue weighted by Crippen LogP contribution is 2.14. The highest BCUT2D eigenvalue weighted by Gasteiger charge is 2.05. The fourth-order valence-corrected chi connectivity index (χ4v) is 2.09. The van der Waals surface area contributed by atoms with Crippen LogP contribution in [-0.4, -0.2) is 27.5 Å². The van der Waals surface area contributed by atoms with Crippen LogP contribution in [0.1, 0.15) is 30.9 Å². The quantitative estimate of drug-likeness (QED) is 0.813. The molecule has 4 nitrogen and oxygen atoms in total. The van der Waals surface area contributed by atoms with E-state index in [1.165, 1.54) is 11.1 Å². The summed E-state index contributed by atoms with van der Waals surface area (Å²) >= 11 is 0. The van der Waals surface area contributed by atoms with E-state index >= 15 is 0 Å². The average molecular weight is 273 g/mol. The largest absolute Gasteiger partial charge is 0.390 e. The van der Waals surface area contributed by atoms with Crippen LogP contribution in [0.25, 0.3) is 0 Å². The summed E-state index contributed by atoms with van der Waals surface area (Å²) in [6.45, 7) is 6.24. The van der Waals surface area contributed by atoms with Crippen molar-refractivity contribution >= 4 is 0 Å². The molecule has 0 aliphatic heterocycles. The average Bonchev–Trinajstić information content (AvgIpc) is 2.92. The summed E-state index contributed by atoms with van der Waals surface area (Å²) in [6, 6.07) is 10.5. The van der Waals surface area contributed by atoms with Gasteiger partial charge in [0.05, 0.1) is 12.6 Å². The van der Waals surface area contributed by atoms with Crippen molar-refractivity contribution < 1.29 is 5.11 Å². The predicted octanol–water partition coefficient (Wildman–Crippen LogP) is 2.16. The van der Waals surface area contributed by atoms with Crippen molar-refractivity contribution in [2.45, 2.75) is 39.0 Å². The highest BCUT2D eigenvalue weighted by atomic mass is 16.3. The number of nitrogens with zero attached hydrogens (tertiary/aromatic N) is 2. The first kappa shape index (κ1) is 14.8. The Labute approximate surface area is 120 Å². The fourth-order valence-electron chi connectivity index (χ4n) is 2.09. The molecule has 2 aromatic rings. The van der Waals surface area contributed by atoms with Gasteiger partial charge in [0.2, 0.25) is 0 Å². The summed E-state index contributed by atoms with van der Waals surface area (Å²) in [4.78, 5) is 0. The highest BCUT2D eigenvalue weighted by molar-refractivity contribution is 5.24. The molecule has 1 aromatic heterocycles. The standard InChI is InChI=1S/C16H23N3O/c1-13(2)15-6-4-14(5-7-15)10-17-11-16(20)12-19-9-3-8-18-19/h3-9,13,16-17,20H,10-12H2,1-2H3. The van der Waals surface area contributed by atoms with Gasteiger partial charge < -0.3 is 10.4 Å². The minimum absolute atomic E-state index is 0.426. The van der Waals surface area contributed by atoms with E-state index < -0.39 is 6.10 Å². The molecule has 0 radical (unpaired) electrons. The van der Waals surface area contributed by atoms with Crippen molar-refractivity contribution in [3.8, 4) is 0 Å². The molecule has 4 heteroatoms. The smallest absolute Gasteiger partial charge is 0.0860 e. The molecular weight excluding hydrogens is 250 g/mol. The van der Waals surface area contributed by atoms with Gasteiger partial charge in [0.25, 0.3) is 0 Å². The van der Waals surface area contributed by atoms with Crippen LogP contribution in [-0.2, 0) is 13.1 Å². The molecule has 0 spiro atoms. The molecule has 0 saturated carbocycles. The van der Waals surface area contributed by atoms with Crippen molar-refractivity contribution in [2.75, 3.05) is 6.54 Å². The number of aliphatic hydroxyl groups excluding tert-OH is 1. The lowest BCUT2D eigenvalue weighted by atomic mass is 10.0. The normalized spacial score (nSPS) is 12.8. The number of aliphatic hydroxyl groups is 1. The maximum Gasteiger partial charge on any atom is 0.0860 e. The summed E-state index contributed by atoms with van der Waals surface area (Å²) < 4.78 is 1.74. The molecule has 20 heavy (non-hydrogen) atoms. The zero-order valence-corrected chi connectivity index (χ0v) is 12.2. The van der Waals surface area contributed by atoms with Crippen LogP contribution in [0.3, 0.4) is 0 Å². The number of hydrogen-bond acceptors (Lipinski definition) is 3. The first-order valence-corrected chi connectivity index (χ1v) is 7.10. The number of hydrogen-bond donors (Lipinski definition) is 2. The van der Waals surface area contributed by atoms with Crippen molar-refractivity contribution in [3.63, 3.8) is 0 Å². The van der Waals surface area contributed by atoms with Gasteiger partial charge in [-0.1, -0.05) is 38.1 Å². The van der Waals surface area contributed by atoms with Crippen LogP contribution in [0.4, 0.5) is 0 Å². The van der Waals surface area contributed by atoms with E-state index in [-0.39, 0.29) is 0 Å². The third-order valence-electron chi connectivity index (χ3n) is 3.31. The van der Waals surface area contributed by atoms with Crippen molar-refractivity contribution in [1.82, 2.24) is 15.1 Å². The fraction of sp³-hybridized carbons (Fsp3) is 0.438. The monoisotopic (exact) mass is 273 g/mol. The Morgan fingerprint density at radius 1 is 1.25 bits per heavy atom. The number of rotatable bonds is 7. The molecule has 0 bridgehead atoms.